The number of carbonyl (C=O) groups excluding carboxylic acids is 1. The van der Waals surface area contributed by atoms with Crippen LogP contribution in [0.1, 0.15) is 16.2 Å². The summed E-state index contributed by atoms with van der Waals surface area (Å²) in [4.78, 5) is 42.3. The van der Waals surface area contributed by atoms with Crippen molar-refractivity contribution in [3.63, 3.8) is 0 Å². The summed E-state index contributed by atoms with van der Waals surface area (Å²) >= 11 is 1.52. The molecule has 0 bridgehead atoms. The molecule has 1 aliphatic rings. The summed E-state index contributed by atoms with van der Waals surface area (Å²) in [7, 11) is -4.12. The van der Waals surface area contributed by atoms with E-state index in [1.165, 1.54) is 23.2 Å². The Kier molecular flexibility index (Phi) is 5.17. The van der Waals surface area contributed by atoms with Crippen molar-refractivity contribution in [2.45, 2.75) is 11.8 Å². The van der Waals surface area contributed by atoms with Crippen LogP contribution >= 0.6 is 11.3 Å². The van der Waals surface area contributed by atoms with Crippen molar-refractivity contribution >= 4 is 27.3 Å². The van der Waals surface area contributed by atoms with Crippen LogP contribution in [0.25, 0.3) is 10.6 Å². The minimum Gasteiger partial charge on any atom is -0.335 e. The molecule has 0 spiro atoms. The fourth-order valence-corrected chi connectivity index (χ4v) is 5.63. The van der Waals surface area contributed by atoms with Crippen molar-refractivity contribution in [3.8, 4) is 10.6 Å². The Labute approximate surface area is 174 Å². The number of aryl methyl sites for hydroxylation is 1. The first-order chi connectivity index (χ1) is 14.3. The molecule has 11 nitrogen and oxygen atoms in total. The van der Waals surface area contributed by atoms with Crippen molar-refractivity contribution in [1.82, 2.24) is 29.4 Å². The molecule has 0 aromatic carbocycles. The highest BCUT2D eigenvalue weighted by molar-refractivity contribution is 7.89. The molecule has 0 unspecified atom stereocenters. The molecule has 3 N–H and O–H groups in total. The van der Waals surface area contributed by atoms with Gasteiger partial charge >= 0.3 is 5.69 Å². The van der Waals surface area contributed by atoms with Gasteiger partial charge in [0.05, 0.1) is 10.6 Å². The van der Waals surface area contributed by atoms with Gasteiger partial charge in [0.15, 0.2) is 10.6 Å². The number of aromatic amines is 3. The highest BCUT2D eigenvalue weighted by Crippen LogP contribution is 2.24. The van der Waals surface area contributed by atoms with Gasteiger partial charge in [-0.2, -0.15) is 9.40 Å². The number of H-pyrrole nitrogens is 3. The van der Waals surface area contributed by atoms with Crippen molar-refractivity contribution in [2.75, 3.05) is 26.2 Å². The number of aromatic nitrogens is 4. The standard InChI is InChI=1S/C17H18N6O5S2/c1-10-14(15(24)19-17(26)18-10)30(27,28)23-6-4-22(5-7-23)16(25)12-9-11(20-21-12)13-3-2-8-29-13/h2-3,8-9H,4-7H2,1H3,(H,20,21)(H2,18,19,24,26). The maximum absolute atomic E-state index is 12.9. The van der Waals surface area contributed by atoms with Gasteiger partial charge in [-0.25, -0.2) is 13.2 Å². The third kappa shape index (κ3) is 3.62. The van der Waals surface area contributed by atoms with E-state index in [0.29, 0.717) is 0 Å². The van der Waals surface area contributed by atoms with E-state index in [9.17, 15) is 22.8 Å². The van der Waals surface area contributed by atoms with Gasteiger partial charge in [0.2, 0.25) is 10.0 Å². The second-order valence-corrected chi connectivity index (χ2v) is 9.53. The first-order valence-corrected chi connectivity index (χ1v) is 11.3. The SMILES string of the molecule is Cc1[nH]c(=O)[nH]c(=O)c1S(=O)(=O)N1CCN(C(=O)c2cc(-c3cccs3)[nH]n2)CC1. The van der Waals surface area contributed by atoms with Crippen LogP contribution in [0.3, 0.4) is 0 Å². The van der Waals surface area contributed by atoms with Crippen molar-refractivity contribution in [3.05, 3.63) is 55.8 Å². The zero-order chi connectivity index (χ0) is 21.5. The highest BCUT2D eigenvalue weighted by Gasteiger charge is 2.34. The maximum Gasteiger partial charge on any atom is 0.325 e. The average molecular weight is 451 g/mol. The lowest BCUT2D eigenvalue weighted by Gasteiger charge is -2.33. The lowest BCUT2D eigenvalue weighted by Crippen LogP contribution is -2.51. The van der Waals surface area contributed by atoms with Crippen LogP contribution in [-0.2, 0) is 10.0 Å². The third-order valence-corrected chi connectivity index (χ3v) is 7.74. The lowest BCUT2D eigenvalue weighted by atomic mass is 10.2. The average Bonchev–Trinajstić information content (AvgIpc) is 3.38. The Morgan fingerprint density at radius 3 is 2.53 bits per heavy atom. The zero-order valence-corrected chi connectivity index (χ0v) is 17.5. The highest BCUT2D eigenvalue weighted by atomic mass is 32.2. The molecule has 3 aromatic rings. The molecule has 1 amide bonds. The van der Waals surface area contributed by atoms with E-state index in [1.54, 1.807) is 6.07 Å². The van der Waals surface area contributed by atoms with E-state index in [2.05, 4.69) is 15.2 Å². The number of rotatable bonds is 4. The number of thiophene rings is 1. The molecule has 1 aliphatic heterocycles. The maximum atomic E-state index is 12.9. The molecule has 30 heavy (non-hydrogen) atoms. The molecule has 0 radical (unpaired) electrons. The van der Waals surface area contributed by atoms with Crippen molar-refractivity contribution in [2.24, 2.45) is 0 Å². The van der Waals surface area contributed by atoms with Gasteiger partial charge in [0.1, 0.15) is 0 Å². The molecular weight excluding hydrogens is 432 g/mol. The number of hydrogen-bond donors (Lipinski definition) is 3. The van der Waals surface area contributed by atoms with Gasteiger partial charge in [0, 0.05) is 31.9 Å². The van der Waals surface area contributed by atoms with Crippen LogP contribution in [-0.4, -0.2) is 69.9 Å². The first-order valence-electron chi connectivity index (χ1n) is 8.99. The van der Waals surface area contributed by atoms with E-state index in [-0.39, 0.29) is 43.5 Å². The van der Waals surface area contributed by atoms with Gasteiger partial charge in [-0.05, 0) is 24.4 Å². The Hall–Kier alpha value is -3.03. The molecule has 0 aliphatic carbocycles. The summed E-state index contributed by atoms with van der Waals surface area (Å²) < 4.78 is 26.9. The Bertz CT molecular complexity index is 1300. The summed E-state index contributed by atoms with van der Waals surface area (Å²) in [5, 5.41) is 8.84. The number of nitrogens with zero attached hydrogens (tertiary/aromatic N) is 3. The Morgan fingerprint density at radius 2 is 1.90 bits per heavy atom. The predicted molar refractivity (Wildman–Crippen MR) is 109 cm³/mol. The van der Waals surface area contributed by atoms with Crippen LogP contribution in [0.5, 0.6) is 0 Å². The third-order valence-electron chi connectivity index (χ3n) is 4.78. The number of sulfonamides is 1. The van der Waals surface area contributed by atoms with Gasteiger partial charge in [-0.1, -0.05) is 6.07 Å². The lowest BCUT2D eigenvalue weighted by molar-refractivity contribution is 0.0692. The van der Waals surface area contributed by atoms with Gasteiger partial charge in [-0.15, -0.1) is 11.3 Å². The normalized spacial score (nSPS) is 15.4. The van der Waals surface area contributed by atoms with Crippen LogP contribution in [0, 0.1) is 6.92 Å². The largest absolute Gasteiger partial charge is 0.335 e. The van der Waals surface area contributed by atoms with Crippen molar-refractivity contribution < 1.29 is 13.2 Å². The number of carbonyl (C=O) groups is 1. The number of piperazine rings is 1. The smallest absolute Gasteiger partial charge is 0.325 e. The number of amides is 1. The minimum absolute atomic E-state index is 0.0221. The quantitative estimate of drug-likeness (QED) is 0.508. The van der Waals surface area contributed by atoms with Crippen LogP contribution in [0.15, 0.2) is 38.1 Å². The van der Waals surface area contributed by atoms with Crippen LogP contribution in [0.4, 0.5) is 0 Å². The fourth-order valence-electron chi connectivity index (χ4n) is 3.31. The number of nitrogens with one attached hydrogen (secondary N) is 3. The topological polar surface area (TPSA) is 152 Å². The molecule has 0 atom stereocenters. The summed E-state index contributed by atoms with van der Waals surface area (Å²) in [6.45, 7) is 1.70. The zero-order valence-electron chi connectivity index (χ0n) is 15.8. The summed E-state index contributed by atoms with van der Waals surface area (Å²) in [6, 6.07) is 5.48. The van der Waals surface area contributed by atoms with Crippen LogP contribution in [0.2, 0.25) is 0 Å². The molecule has 1 saturated heterocycles. The molecule has 4 heterocycles. The van der Waals surface area contributed by atoms with E-state index in [4.69, 9.17) is 0 Å². The molecule has 4 rings (SSSR count). The van der Waals surface area contributed by atoms with Crippen molar-refractivity contribution in [1.29, 1.82) is 0 Å². The first kappa shape index (κ1) is 20.3. The van der Waals surface area contributed by atoms with E-state index in [1.807, 2.05) is 22.5 Å². The Balaban J connectivity index is 1.48. The van der Waals surface area contributed by atoms with Crippen LogP contribution < -0.4 is 11.2 Å². The van der Waals surface area contributed by atoms with E-state index >= 15 is 0 Å². The molecular formula is C17H18N6O5S2. The Morgan fingerprint density at radius 1 is 1.17 bits per heavy atom. The van der Waals surface area contributed by atoms with E-state index in [0.717, 1.165) is 14.9 Å². The number of hydrogen-bond acceptors (Lipinski definition) is 7. The van der Waals surface area contributed by atoms with Gasteiger partial charge < -0.3 is 9.88 Å². The summed E-state index contributed by atoms with van der Waals surface area (Å²) in [5.74, 6) is -0.302. The molecule has 3 aromatic heterocycles. The van der Waals surface area contributed by atoms with E-state index < -0.39 is 26.2 Å². The molecule has 1 fully saturated rings. The minimum atomic E-state index is -4.12. The van der Waals surface area contributed by atoms with Gasteiger partial charge in [0.25, 0.3) is 11.5 Å². The van der Waals surface area contributed by atoms with Gasteiger partial charge in [-0.3, -0.25) is 19.7 Å². The second kappa shape index (κ2) is 7.66. The fraction of sp³-hybridized carbons (Fsp3) is 0.294. The monoisotopic (exact) mass is 450 g/mol. The predicted octanol–water partition coefficient (Wildman–Crippen LogP) is -0.0301. The molecule has 13 heteroatoms. The molecule has 0 saturated carbocycles. The summed E-state index contributed by atoms with van der Waals surface area (Å²) in [6.07, 6.45) is 0. The summed E-state index contributed by atoms with van der Waals surface area (Å²) in [5.41, 5.74) is -0.773. The molecule has 158 valence electrons. The second-order valence-electron chi connectivity index (χ2n) is 6.70.